The van der Waals surface area contributed by atoms with Crippen LogP contribution >= 0.6 is 23.2 Å². The van der Waals surface area contributed by atoms with E-state index in [4.69, 9.17) is 23.2 Å². The fourth-order valence-corrected chi connectivity index (χ4v) is 4.52. The number of aryl methyl sites for hydroxylation is 1. The molecular weight excluding hydrogens is 367 g/mol. The second-order valence-electron chi connectivity index (χ2n) is 5.50. The first-order chi connectivity index (χ1) is 11.4. The lowest BCUT2D eigenvalue weighted by Crippen LogP contribution is -2.26. The Morgan fingerprint density at radius 2 is 1.88 bits per heavy atom. The van der Waals surface area contributed by atoms with Crippen LogP contribution in [0.1, 0.15) is 11.3 Å². The Morgan fingerprint density at radius 1 is 1.12 bits per heavy atom. The lowest BCUT2D eigenvalue weighted by Gasteiger charge is -2.09. The van der Waals surface area contributed by atoms with E-state index in [1.165, 1.54) is 12.1 Å². The number of aromatic nitrogens is 1. The van der Waals surface area contributed by atoms with Gasteiger partial charge < -0.3 is 4.98 Å². The third kappa shape index (κ3) is 3.44. The summed E-state index contributed by atoms with van der Waals surface area (Å²) >= 11 is 11.8. The molecule has 7 heteroatoms. The number of rotatable bonds is 5. The summed E-state index contributed by atoms with van der Waals surface area (Å²) in [4.78, 5) is 3.30. The van der Waals surface area contributed by atoms with Crippen LogP contribution in [0.15, 0.2) is 47.4 Å². The number of fused-ring (bicyclic) bond motifs is 1. The maximum atomic E-state index is 12.4. The quantitative estimate of drug-likeness (QED) is 0.690. The molecule has 2 N–H and O–H groups in total. The molecule has 0 radical (unpaired) electrons. The number of hydrogen-bond donors (Lipinski definition) is 2. The molecule has 126 valence electrons. The number of nitrogens with one attached hydrogen (secondary N) is 2. The van der Waals surface area contributed by atoms with E-state index >= 15 is 0 Å². The Bertz CT molecular complexity index is 997. The van der Waals surface area contributed by atoms with Crippen LogP contribution in [0.25, 0.3) is 10.9 Å². The predicted molar refractivity (Wildman–Crippen MR) is 98.4 cm³/mol. The van der Waals surface area contributed by atoms with Gasteiger partial charge in [0.15, 0.2) is 0 Å². The van der Waals surface area contributed by atoms with Gasteiger partial charge in [-0.2, -0.15) is 0 Å². The van der Waals surface area contributed by atoms with Crippen molar-refractivity contribution in [3.05, 3.63) is 63.8 Å². The predicted octanol–water partition coefficient (Wildman–Crippen LogP) is 4.30. The zero-order valence-corrected chi connectivity index (χ0v) is 15.3. The first kappa shape index (κ1) is 17.3. The molecule has 4 nitrogen and oxygen atoms in total. The van der Waals surface area contributed by atoms with Crippen molar-refractivity contribution in [3.8, 4) is 0 Å². The third-order valence-corrected chi connectivity index (χ3v) is 6.05. The Kier molecular flexibility index (Phi) is 4.88. The van der Waals surface area contributed by atoms with E-state index in [9.17, 15) is 8.42 Å². The first-order valence-corrected chi connectivity index (χ1v) is 9.63. The fourth-order valence-electron chi connectivity index (χ4n) is 2.73. The highest BCUT2D eigenvalue weighted by Crippen LogP contribution is 2.25. The maximum Gasteiger partial charge on any atom is 0.242 e. The van der Waals surface area contributed by atoms with Crippen LogP contribution in [0.4, 0.5) is 0 Å². The van der Waals surface area contributed by atoms with Gasteiger partial charge >= 0.3 is 0 Å². The van der Waals surface area contributed by atoms with Crippen molar-refractivity contribution in [3.63, 3.8) is 0 Å². The zero-order valence-electron chi connectivity index (χ0n) is 12.9. The first-order valence-electron chi connectivity index (χ1n) is 7.39. The van der Waals surface area contributed by atoms with Crippen LogP contribution < -0.4 is 4.72 Å². The van der Waals surface area contributed by atoms with Crippen molar-refractivity contribution in [2.24, 2.45) is 0 Å². The van der Waals surface area contributed by atoms with Gasteiger partial charge in [-0.15, -0.1) is 0 Å². The minimum atomic E-state index is -3.71. The van der Waals surface area contributed by atoms with Crippen molar-refractivity contribution in [1.82, 2.24) is 9.71 Å². The second-order valence-corrected chi connectivity index (χ2v) is 8.08. The summed E-state index contributed by atoms with van der Waals surface area (Å²) in [6.45, 7) is 2.26. The Hall–Kier alpha value is -1.53. The van der Waals surface area contributed by atoms with Crippen molar-refractivity contribution in [2.45, 2.75) is 18.2 Å². The van der Waals surface area contributed by atoms with E-state index < -0.39 is 10.0 Å². The van der Waals surface area contributed by atoms with Crippen LogP contribution in [0.5, 0.6) is 0 Å². The van der Waals surface area contributed by atoms with Gasteiger partial charge in [-0.05, 0) is 43.2 Å². The fraction of sp³-hybridized carbons (Fsp3) is 0.176. The summed E-state index contributed by atoms with van der Waals surface area (Å²) < 4.78 is 27.4. The average molecular weight is 383 g/mol. The van der Waals surface area contributed by atoms with Crippen LogP contribution in [-0.2, 0) is 16.4 Å². The lowest BCUT2D eigenvalue weighted by atomic mass is 10.1. The molecule has 0 spiro atoms. The maximum absolute atomic E-state index is 12.4. The summed E-state index contributed by atoms with van der Waals surface area (Å²) in [5.74, 6) is 0. The van der Waals surface area contributed by atoms with Crippen molar-refractivity contribution in [1.29, 1.82) is 0 Å². The van der Waals surface area contributed by atoms with Crippen LogP contribution in [0.2, 0.25) is 10.0 Å². The molecule has 0 atom stereocenters. The largest absolute Gasteiger partial charge is 0.358 e. The molecular formula is C17H16Cl2N2O2S. The van der Waals surface area contributed by atoms with Gasteiger partial charge in [-0.1, -0.05) is 41.4 Å². The summed E-state index contributed by atoms with van der Waals surface area (Å²) in [6, 6.07) is 12.3. The molecule has 0 bridgehead atoms. The highest BCUT2D eigenvalue weighted by Gasteiger charge is 2.18. The Morgan fingerprint density at radius 3 is 2.67 bits per heavy atom. The molecule has 0 saturated carbocycles. The molecule has 0 amide bonds. The minimum Gasteiger partial charge on any atom is -0.358 e. The monoisotopic (exact) mass is 382 g/mol. The summed E-state index contributed by atoms with van der Waals surface area (Å²) in [6.07, 6.45) is 0.577. The number of benzene rings is 2. The summed E-state index contributed by atoms with van der Waals surface area (Å²) in [5.41, 5.74) is 3.19. The zero-order chi connectivity index (χ0) is 17.3. The van der Waals surface area contributed by atoms with Gasteiger partial charge in [0.05, 0.1) is 5.02 Å². The highest BCUT2D eigenvalue weighted by atomic mass is 35.5. The molecule has 2 aromatic carbocycles. The van der Waals surface area contributed by atoms with Gasteiger partial charge in [0.2, 0.25) is 10.0 Å². The number of sulfonamides is 1. The smallest absolute Gasteiger partial charge is 0.242 e. The molecule has 1 heterocycles. The SMILES string of the molecule is Cc1[nH]c2ccccc2c1CCNS(=O)(=O)c1cc(Cl)ccc1Cl. The third-order valence-electron chi connectivity index (χ3n) is 3.88. The van der Waals surface area contributed by atoms with E-state index in [1.807, 2.05) is 31.2 Å². The van der Waals surface area contributed by atoms with Crippen molar-refractivity contribution in [2.75, 3.05) is 6.54 Å². The van der Waals surface area contributed by atoms with Crippen LogP contribution in [0, 0.1) is 6.92 Å². The molecule has 0 unspecified atom stereocenters. The van der Waals surface area contributed by atoms with Crippen LogP contribution in [0.3, 0.4) is 0 Å². The van der Waals surface area contributed by atoms with Crippen molar-refractivity contribution < 1.29 is 8.42 Å². The van der Waals surface area contributed by atoms with E-state index in [0.29, 0.717) is 11.4 Å². The van der Waals surface area contributed by atoms with E-state index in [1.54, 1.807) is 6.07 Å². The number of aromatic amines is 1. The molecule has 0 aliphatic heterocycles. The number of halogens is 2. The molecule has 3 aromatic rings. The lowest BCUT2D eigenvalue weighted by molar-refractivity contribution is 0.581. The van der Waals surface area contributed by atoms with Gasteiger partial charge in [-0.25, -0.2) is 13.1 Å². The van der Waals surface area contributed by atoms with E-state index in [2.05, 4.69) is 9.71 Å². The number of hydrogen-bond acceptors (Lipinski definition) is 2. The molecule has 3 rings (SSSR count). The molecule has 1 aromatic heterocycles. The topological polar surface area (TPSA) is 62.0 Å². The van der Waals surface area contributed by atoms with Gasteiger partial charge in [0.25, 0.3) is 0 Å². The Labute approximate surface area is 150 Å². The van der Waals surface area contributed by atoms with Crippen LogP contribution in [-0.4, -0.2) is 19.9 Å². The average Bonchev–Trinajstić information content (AvgIpc) is 2.85. The highest BCUT2D eigenvalue weighted by molar-refractivity contribution is 7.89. The summed E-state index contributed by atoms with van der Waals surface area (Å²) in [7, 11) is -3.71. The van der Waals surface area contributed by atoms with E-state index in [-0.39, 0.29) is 16.5 Å². The standard InChI is InChI=1S/C17H16Cl2N2O2S/c1-11-13(14-4-2-3-5-16(14)21-11)8-9-20-24(22,23)17-10-12(18)6-7-15(17)19/h2-7,10,20-21H,8-9H2,1H3. The Balaban J connectivity index is 1.78. The number of H-pyrrole nitrogens is 1. The second kappa shape index (κ2) is 6.76. The van der Waals surface area contributed by atoms with E-state index in [0.717, 1.165) is 22.2 Å². The molecule has 0 saturated heterocycles. The minimum absolute atomic E-state index is 0.00712. The summed E-state index contributed by atoms with van der Waals surface area (Å²) in [5, 5.41) is 1.58. The molecule has 24 heavy (non-hydrogen) atoms. The van der Waals surface area contributed by atoms with Gasteiger partial charge in [-0.3, -0.25) is 0 Å². The van der Waals surface area contributed by atoms with Gasteiger partial charge in [0.1, 0.15) is 4.90 Å². The normalized spacial score (nSPS) is 12.0. The number of para-hydroxylation sites is 1. The molecule has 0 aliphatic rings. The molecule has 0 aliphatic carbocycles. The van der Waals surface area contributed by atoms with Gasteiger partial charge in [0, 0.05) is 28.2 Å². The molecule has 0 fully saturated rings. The van der Waals surface area contributed by atoms with Crippen molar-refractivity contribution >= 4 is 44.1 Å².